The number of carbonyl (C=O) groups excluding carboxylic acids is 3. The molecule has 8 heteroatoms. The second-order valence-corrected chi connectivity index (χ2v) is 15.3. The molecule has 0 spiro atoms. The molecule has 8 nitrogen and oxygen atoms in total. The topological polar surface area (TPSA) is 102 Å². The first-order valence-corrected chi connectivity index (χ1v) is 21.5. The number of allylic oxidation sites excluding steroid dienone is 12. The summed E-state index contributed by atoms with van der Waals surface area (Å²) in [6.07, 6.45) is 46.4. The number of likely N-dealkylation sites (N-methyl/N-ethyl adjacent to an activating group) is 1. The molecule has 0 aliphatic heterocycles. The molecule has 55 heavy (non-hydrogen) atoms. The van der Waals surface area contributed by atoms with E-state index in [0.29, 0.717) is 12.8 Å². The molecule has 0 saturated heterocycles. The Morgan fingerprint density at radius 1 is 0.564 bits per heavy atom. The fraction of sp³-hybridized carbons (Fsp3) is 0.681. The maximum absolute atomic E-state index is 12.7. The van der Waals surface area contributed by atoms with Crippen molar-refractivity contribution in [3.63, 3.8) is 0 Å². The monoisotopic (exact) mass is 770 g/mol. The molecule has 0 bridgehead atoms. The van der Waals surface area contributed by atoms with Crippen molar-refractivity contribution in [2.45, 2.75) is 167 Å². The Hall–Kier alpha value is -3.23. The minimum Gasteiger partial charge on any atom is -0.544 e. The Labute approximate surface area is 336 Å². The quantitative estimate of drug-likeness (QED) is 0.0268. The van der Waals surface area contributed by atoms with Crippen molar-refractivity contribution < 1.29 is 38.2 Å². The molecular weight excluding hydrogens is 691 g/mol. The van der Waals surface area contributed by atoms with E-state index in [1.807, 2.05) is 30.4 Å². The number of esters is 2. The number of carboxylic acid groups (broad SMARTS) is 1. The second-order valence-electron chi connectivity index (χ2n) is 15.3. The summed E-state index contributed by atoms with van der Waals surface area (Å²) in [5.41, 5.74) is 0. The van der Waals surface area contributed by atoms with Crippen LogP contribution in [0.25, 0.3) is 0 Å². The molecule has 314 valence electrons. The van der Waals surface area contributed by atoms with Crippen molar-refractivity contribution in [1.29, 1.82) is 0 Å². The Bertz CT molecular complexity index is 1130. The van der Waals surface area contributed by atoms with Crippen LogP contribution in [0, 0.1) is 0 Å². The van der Waals surface area contributed by atoms with E-state index >= 15 is 0 Å². The number of hydrogen-bond donors (Lipinski definition) is 0. The summed E-state index contributed by atoms with van der Waals surface area (Å²) in [4.78, 5) is 36.8. The molecular formula is C47H79NO7. The van der Waals surface area contributed by atoms with Gasteiger partial charge >= 0.3 is 11.9 Å². The number of carboxylic acids is 1. The van der Waals surface area contributed by atoms with Gasteiger partial charge in [-0.25, -0.2) is 0 Å². The summed E-state index contributed by atoms with van der Waals surface area (Å²) in [5, 5.41) is 11.6. The van der Waals surface area contributed by atoms with Gasteiger partial charge in [-0.3, -0.25) is 9.59 Å². The highest BCUT2D eigenvalue weighted by atomic mass is 16.6. The van der Waals surface area contributed by atoms with E-state index in [2.05, 4.69) is 56.4 Å². The molecule has 0 aromatic carbocycles. The summed E-state index contributed by atoms with van der Waals surface area (Å²) in [6, 6.07) is -0.737. The number of nitrogens with zero attached hydrogens (tertiary/aromatic N) is 1. The predicted molar refractivity (Wildman–Crippen MR) is 226 cm³/mol. The van der Waals surface area contributed by atoms with E-state index in [-0.39, 0.29) is 49.1 Å². The van der Waals surface area contributed by atoms with Crippen LogP contribution in [0.1, 0.15) is 155 Å². The Kier molecular flexibility index (Phi) is 35.5. The maximum atomic E-state index is 12.7. The zero-order valence-corrected chi connectivity index (χ0v) is 35.6. The molecule has 0 saturated carbocycles. The summed E-state index contributed by atoms with van der Waals surface area (Å²) < 4.78 is 17.1. The van der Waals surface area contributed by atoms with Crippen molar-refractivity contribution in [2.24, 2.45) is 0 Å². The predicted octanol–water partition coefficient (Wildman–Crippen LogP) is 10.2. The molecule has 0 fully saturated rings. The van der Waals surface area contributed by atoms with Gasteiger partial charge in [0, 0.05) is 19.3 Å². The van der Waals surface area contributed by atoms with Crippen LogP contribution >= 0.6 is 0 Å². The summed E-state index contributed by atoms with van der Waals surface area (Å²) in [6.45, 7) is 4.45. The van der Waals surface area contributed by atoms with Crippen LogP contribution in [0.3, 0.4) is 0 Å². The van der Waals surface area contributed by atoms with Gasteiger partial charge in [0.05, 0.1) is 40.3 Å². The molecule has 0 aliphatic carbocycles. The van der Waals surface area contributed by atoms with Crippen LogP contribution in [0.2, 0.25) is 0 Å². The number of unbranched alkanes of at least 4 members (excludes halogenated alkanes) is 15. The molecule has 0 radical (unpaired) electrons. The first-order valence-electron chi connectivity index (χ1n) is 21.5. The van der Waals surface area contributed by atoms with Gasteiger partial charge in [0.2, 0.25) is 0 Å². The molecule has 2 unspecified atom stereocenters. The lowest BCUT2D eigenvalue weighted by Gasteiger charge is -2.34. The SMILES string of the molecule is CC/C=C/C=C/C=C/C=C/CCCCCCCC(=O)OCC(COCCC(C(=O)[O-])[N+](C)(C)C)OC(=O)CCCCC/C=C/C=C/CCCCCCCCC. The summed E-state index contributed by atoms with van der Waals surface area (Å²) in [7, 11) is 5.38. The third-order valence-electron chi connectivity index (χ3n) is 9.20. The van der Waals surface area contributed by atoms with Crippen LogP contribution in [-0.4, -0.2) is 75.5 Å². The highest BCUT2D eigenvalue weighted by Crippen LogP contribution is 2.12. The van der Waals surface area contributed by atoms with Gasteiger partial charge in [-0.1, -0.05) is 151 Å². The second kappa shape index (κ2) is 37.7. The largest absolute Gasteiger partial charge is 0.544 e. The average molecular weight is 770 g/mol. The number of aliphatic carboxylic acids is 1. The first-order chi connectivity index (χ1) is 26.6. The molecule has 0 N–H and O–H groups in total. The highest BCUT2D eigenvalue weighted by Gasteiger charge is 2.25. The van der Waals surface area contributed by atoms with Gasteiger partial charge in [-0.05, 0) is 57.8 Å². The van der Waals surface area contributed by atoms with Crippen LogP contribution in [0.4, 0.5) is 0 Å². The lowest BCUT2D eigenvalue weighted by molar-refractivity contribution is -0.889. The van der Waals surface area contributed by atoms with Gasteiger partial charge in [-0.2, -0.15) is 0 Å². The summed E-state index contributed by atoms with van der Waals surface area (Å²) in [5.74, 6) is -1.81. The number of rotatable bonds is 37. The zero-order chi connectivity index (χ0) is 40.7. The van der Waals surface area contributed by atoms with E-state index in [9.17, 15) is 19.5 Å². The molecule has 0 rings (SSSR count). The molecule has 0 aromatic rings. The van der Waals surface area contributed by atoms with Gasteiger partial charge in [0.1, 0.15) is 12.6 Å². The van der Waals surface area contributed by atoms with E-state index in [1.165, 1.54) is 44.9 Å². The standard InChI is InChI=1S/C47H79NO7/c1-6-8-10-12-14-16-18-20-22-24-26-28-30-32-34-36-38-46(50)55-43(41-53-40-39-44(47(51)52)48(3,4)5)42-54-45(49)37-35-33-31-29-27-25-23-21-19-17-15-13-11-9-7-2/h9,11,13,15,17,19,21-24,26,28,43-44H,6-8,10,12,14,16,18,20,25,27,29-42H2,1-5H3/b11-9+,15-13+,19-17+,23-21+,24-22+,28-26+. The zero-order valence-electron chi connectivity index (χ0n) is 35.6. The molecule has 2 atom stereocenters. The lowest BCUT2D eigenvalue weighted by Crippen LogP contribution is -2.55. The maximum Gasteiger partial charge on any atom is 0.306 e. The third-order valence-corrected chi connectivity index (χ3v) is 9.20. The third kappa shape index (κ3) is 36.2. The highest BCUT2D eigenvalue weighted by molar-refractivity contribution is 5.70. The average Bonchev–Trinajstić information content (AvgIpc) is 3.14. The number of hydrogen-bond acceptors (Lipinski definition) is 7. The van der Waals surface area contributed by atoms with E-state index in [4.69, 9.17) is 14.2 Å². The fourth-order valence-electron chi connectivity index (χ4n) is 5.84. The smallest absolute Gasteiger partial charge is 0.306 e. The van der Waals surface area contributed by atoms with Crippen molar-refractivity contribution in [3.05, 3.63) is 72.9 Å². The van der Waals surface area contributed by atoms with Gasteiger partial charge < -0.3 is 28.6 Å². The van der Waals surface area contributed by atoms with E-state index in [0.717, 1.165) is 70.6 Å². The first kappa shape index (κ1) is 51.8. The van der Waals surface area contributed by atoms with Crippen molar-refractivity contribution >= 4 is 17.9 Å². The van der Waals surface area contributed by atoms with Crippen LogP contribution < -0.4 is 5.11 Å². The van der Waals surface area contributed by atoms with Crippen LogP contribution in [0.5, 0.6) is 0 Å². The number of quaternary nitrogens is 1. The molecule has 0 aromatic heterocycles. The van der Waals surface area contributed by atoms with Crippen molar-refractivity contribution in [2.75, 3.05) is 41.0 Å². The normalized spacial score (nSPS) is 13.7. The lowest BCUT2D eigenvalue weighted by atomic mass is 10.1. The van der Waals surface area contributed by atoms with E-state index < -0.39 is 18.1 Å². The Morgan fingerprint density at radius 3 is 1.55 bits per heavy atom. The molecule has 0 aliphatic rings. The summed E-state index contributed by atoms with van der Waals surface area (Å²) >= 11 is 0. The molecule has 0 heterocycles. The van der Waals surface area contributed by atoms with E-state index in [1.54, 1.807) is 21.1 Å². The minimum atomic E-state index is -1.14. The number of ether oxygens (including phenoxy) is 3. The van der Waals surface area contributed by atoms with Gasteiger partial charge in [-0.15, -0.1) is 0 Å². The van der Waals surface area contributed by atoms with Gasteiger partial charge in [0.25, 0.3) is 0 Å². The Balaban J connectivity index is 4.47. The van der Waals surface area contributed by atoms with Crippen molar-refractivity contribution in [3.8, 4) is 0 Å². The van der Waals surface area contributed by atoms with Gasteiger partial charge in [0.15, 0.2) is 6.10 Å². The Morgan fingerprint density at radius 2 is 1.02 bits per heavy atom. The van der Waals surface area contributed by atoms with Crippen LogP contribution in [0.15, 0.2) is 72.9 Å². The van der Waals surface area contributed by atoms with Crippen LogP contribution in [-0.2, 0) is 28.6 Å². The number of carbonyl (C=O) groups is 3. The minimum absolute atomic E-state index is 0.0183. The van der Waals surface area contributed by atoms with Crippen molar-refractivity contribution in [1.82, 2.24) is 0 Å². The fourth-order valence-corrected chi connectivity index (χ4v) is 5.84. The molecule has 0 amide bonds.